The Kier molecular flexibility index (Phi) is 6.10. The predicted molar refractivity (Wildman–Crippen MR) is 131 cm³/mol. The number of benzene rings is 2. The largest absolute Gasteiger partial charge is 0.467 e. The molecule has 6 nitrogen and oxygen atoms in total. The van der Waals surface area contributed by atoms with Crippen molar-refractivity contribution in [3.8, 4) is 22.9 Å². The van der Waals surface area contributed by atoms with Crippen LogP contribution in [-0.4, -0.2) is 21.0 Å². The number of aromatic nitrogens is 2. The zero-order chi connectivity index (χ0) is 23.5. The summed E-state index contributed by atoms with van der Waals surface area (Å²) in [5.41, 5.74) is 3.32. The first kappa shape index (κ1) is 21.9. The number of nitrogens with zero attached hydrogens (tertiary/aromatic N) is 3. The molecule has 1 amide bonds. The summed E-state index contributed by atoms with van der Waals surface area (Å²) in [5, 5.41) is 8.40. The van der Waals surface area contributed by atoms with Gasteiger partial charge in [0.15, 0.2) is 0 Å². The highest BCUT2D eigenvalue weighted by Crippen LogP contribution is 2.27. The molecule has 7 heteroatoms. The monoisotopic (exact) mass is 469 g/mol. The second-order valence-corrected chi connectivity index (χ2v) is 9.43. The van der Waals surface area contributed by atoms with E-state index in [1.54, 1.807) is 34.6 Å². The van der Waals surface area contributed by atoms with Gasteiger partial charge < -0.3 is 13.7 Å². The van der Waals surface area contributed by atoms with Crippen LogP contribution >= 0.6 is 11.3 Å². The van der Waals surface area contributed by atoms with E-state index in [1.807, 2.05) is 55.5 Å². The van der Waals surface area contributed by atoms with Gasteiger partial charge in [0.25, 0.3) is 5.91 Å². The smallest absolute Gasteiger partial charge is 0.254 e. The van der Waals surface area contributed by atoms with Crippen LogP contribution in [0.25, 0.3) is 22.9 Å². The van der Waals surface area contributed by atoms with Gasteiger partial charge in [-0.05, 0) is 74.0 Å². The van der Waals surface area contributed by atoms with Gasteiger partial charge in [0.2, 0.25) is 11.8 Å². The van der Waals surface area contributed by atoms with Gasteiger partial charge in [-0.1, -0.05) is 18.2 Å². The Balaban J connectivity index is 1.36. The van der Waals surface area contributed by atoms with Crippen molar-refractivity contribution in [1.29, 1.82) is 0 Å². The molecule has 0 saturated heterocycles. The number of rotatable bonds is 7. The first-order valence-electron chi connectivity index (χ1n) is 10.9. The summed E-state index contributed by atoms with van der Waals surface area (Å²) < 4.78 is 11.4. The Morgan fingerprint density at radius 3 is 2.38 bits per heavy atom. The van der Waals surface area contributed by atoms with Crippen molar-refractivity contribution in [2.24, 2.45) is 0 Å². The van der Waals surface area contributed by atoms with Crippen LogP contribution in [0.1, 0.15) is 31.4 Å². The van der Waals surface area contributed by atoms with Crippen LogP contribution in [0.4, 0.5) is 0 Å². The molecule has 5 rings (SSSR count). The van der Waals surface area contributed by atoms with Crippen molar-refractivity contribution >= 4 is 17.2 Å². The third-order valence-electron chi connectivity index (χ3n) is 5.54. The van der Waals surface area contributed by atoms with Gasteiger partial charge in [0.05, 0.1) is 19.4 Å². The van der Waals surface area contributed by atoms with E-state index in [0.717, 1.165) is 27.3 Å². The molecule has 0 fully saturated rings. The Bertz CT molecular complexity index is 1400. The predicted octanol–water partition coefficient (Wildman–Crippen LogP) is 6.52. The molecule has 0 radical (unpaired) electrons. The number of carbonyl (C=O) groups is 1. The van der Waals surface area contributed by atoms with Crippen molar-refractivity contribution in [3.63, 3.8) is 0 Å². The summed E-state index contributed by atoms with van der Waals surface area (Å²) in [5.74, 6) is 1.57. The highest BCUT2D eigenvalue weighted by Gasteiger charge is 2.19. The SMILES string of the molecule is Cc1ccc(CN(Cc2ccco2)C(=O)c2ccc(-c3nnc(-c4ccccc4C)o3)cc2)s1. The van der Waals surface area contributed by atoms with Gasteiger partial charge >= 0.3 is 0 Å². The summed E-state index contributed by atoms with van der Waals surface area (Å²) in [7, 11) is 0. The fourth-order valence-electron chi connectivity index (χ4n) is 3.75. The quantitative estimate of drug-likeness (QED) is 0.271. The van der Waals surface area contributed by atoms with Gasteiger partial charge in [0.1, 0.15) is 5.76 Å². The Morgan fingerprint density at radius 1 is 0.882 bits per heavy atom. The van der Waals surface area contributed by atoms with E-state index in [-0.39, 0.29) is 5.91 Å². The molecular formula is C27H23N3O3S. The number of furan rings is 1. The van der Waals surface area contributed by atoms with Crippen LogP contribution in [0.3, 0.4) is 0 Å². The molecule has 0 aliphatic rings. The zero-order valence-electron chi connectivity index (χ0n) is 18.9. The maximum Gasteiger partial charge on any atom is 0.254 e. The summed E-state index contributed by atoms with van der Waals surface area (Å²) >= 11 is 1.69. The van der Waals surface area contributed by atoms with Crippen LogP contribution in [0.15, 0.2) is 87.9 Å². The minimum Gasteiger partial charge on any atom is -0.467 e. The third-order valence-corrected chi connectivity index (χ3v) is 6.52. The highest BCUT2D eigenvalue weighted by molar-refractivity contribution is 7.11. The number of thiophene rings is 1. The maximum absolute atomic E-state index is 13.4. The van der Waals surface area contributed by atoms with Gasteiger partial charge in [-0.25, -0.2) is 0 Å². The van der Waals surface area contributed by atoms with Crippen molar-refractivity contribution in [2.45, 2.75) is 26.9 Å². The summed E-state index contributed by atoms with van der Waals surface area (Å²) in [6.07, 6.45) is 1.62. The fraction of sp³-hybridized carbons (Fsp3) is 0.148. The van der Waals surface area contributed by atoms with Gasteiger partial charge in [0, 0.05) is 26.4 Å². The molecule has 0 aliphatic heterocycles. The molecule has 0 N–H and O–H groups in total. The van der Waals surface area contributed by atoms with Crippen LogP contribution in [0.2, 0.25) is 0 Å². The van der Waals surface area contributed by atoms with Crippen molar-refractivity contribution in [3.05, 3.63) is 106 Å². The van der Waals surface area contributed by atoms with Crippen LogP contribution in [0.5, 0.6) is 0 Å². The first-order valence-corrected chi connectivity index (χ1v) is 11.8. The molecule has 3 heterocycles. The molecule has 34 heavy (non-hydrogen) atoms. The van der Waals surface area contributed by atoms with E-state index in [1.165, 1.54) is 4.88 Å². The first-order chi connectivity index (χ1) is 16.6. The van der Waals surface area contributed by atoms with E-state index < -0.39 is 0 Å². The van der Waals surface area contributed by atoms with Crippen LogP contribution < -0.4 is 0 Å². The Labute approximate surface area is 201 Å². The number of carbonyl (C=O) groups excluding carboxylic acids is 1. The molecule has 0 spiro atoms. The minimum atomic E-state index is -0.0693. The topological polar surface area (TPSA) is 72.4 Å². The van der Waals surface area contributed by atoms with Crippen molar-refractivity contribution in [1.82, 2.24) is 15.1 Å². The maximum atomic E-state index is 13.4. The van der Waals surface area contributed by atoms with Gasteiger partial charge in [-0.2, -0.15) is 0 Å². The summed E-state index contributed by atoms with van der Waals surface area (Å²) in [6, 6.07) is 23.0. The lowest BCUT2D eigenvalue weighted by atomic mass is 10.1. The zero-order valence-corrected chi connectivity index (χ0v) is 19.7. The lowest BCUT2D eigenvalue weighted by Gasteiger charge is -2.21. The van der Waals surface area contributed by atoms with E-state index >= 15 is 0 Å². The molecular weight excluding hydrogens is 446 g/mol. The van der Waals surface area contributed by atoms with Crippen LogP contribution in [-0.2, 0) is 13.1 Å². The second-order valence-electron chi connectivity index (χ2n) is 8.06. The molecule has 0 aliphatic carbocycles. The molecule has 170 valence electrons. The van der Waals surface area contributed by atoms with E-state index in [2.05, 4.69) is 29.3 Å². The second kappa shape index (κ2) is 9.49. The third kappa shape index (κ3) is 4.70. The molecule has 0 bridgehead atoms. The van der Waals surface area contributed by atoms with Gasteiger partial charge in [-0.15, -0.1) is 21.5 Å². The fourth-order valence-corrected chi connectivity index (χ4v) is 4.65. The normalized spacial score (nSPS) is 11.0. The summed E-state index contributed by atoms with van der Waals surface area (Å²) in [6.45, 7) is 4.98. The average Bonchev–Trinajstić information content (AvgIpc) is 3.62. The summed E-state index contributed by atoms with van der Waals surface area (Å²) in [4.78, 5) is 17.5. The van der Waals surface area contributed by atoms with Gasteiger partial charge in [-0.3, -0.25) is 4.79 Å². The van der Waals surface area contributed by atoms with E-state index in [0.29, 0.717) is 30.4 Å². The molecule has 0 saturated carbocycles. The minimum absolute atomic E-state index is 0.0693. The molecule has 3 aromatic heterocycles. The average molecular weight is 470 g/mol. The molecule has 0 atom stereocenters. The Morgan fingerprint density at radius 2 is 1.68 bits per heavy atom. The molecule has 5 aromatic rings. The number of hydrogen-bond acceptors (Lipinski definition) is 6. The molecule has 0 unspecified atom stereocenters. The van der Waals surface area contributed by atoms with Crippen molar-refractivity contribution in [2.75, 3.05) is 0 Å². The highest BCUT2D eigenvalue weighted by atomic mass is 32.1. The lowest BCUT2D eigenvalue weighted by Crippen LogP contribution is -2.29. The van der Waals surface area contributed by atoms with Crippen molar-refractivity contribution < 1.29 is 13.6 Å². The Hall–Kier alpha value is -3.97. The lowest BCUT2D eigenvalue weighted by molar-refractivity contribution is 0.0719. The standard InChI is InChI=1S/C27H23N3O3S/c1-18-6-3-4-8-24(18)26-29-28-25(33-26)20-10-12-21(13-11-20)27(31)30(16-22-7-5-15-32-22)17-23-14-9-19(2)34-23/h3-15H,16-17H2,1-2H3. The molecule has 2 aromatic carbocycles. The van der Waals surface area contributed by atoms with E-state index in [4.69, 9.17) is 8.83 Å². The number of aryl methyl sites for hydroxylation is 2. The van der Waals surface area contributed by atoms with Crippen LogP contribution in [0, 0.1) is 13.8 Å². The number of amides is 1. The van der Waals surface area contributed by atoms with E-state index in [9.17, 15) is 4.79 Å². The number of hydrogen-bond donors (Lipinski definition) is 0.